The molecule has 29 heavy (non-hydrogen) atoms. The summed E-state index contributed by atoms with van der Waals surface area (Å²) in [7, 11) is 0. The summed E-state index contributed by atoms with van der Waals surface area (Å²) >= 11 is 0. The summed E-state index contributed by atoms with van der Waals surface area (Å²) in [6, 6.07) is 7.72. The van der Waals surface area contributed by atoms with Crippen molar-refractivity contribution in [3.05, 3.63) is 35.9 Å². The molecule has 1 atom stereocenters. The minimum Gasteiger partial charge on any atom is -0.352 e. The van der Waals surface area contributed by atoms with E-state index in [1.165, 1.54) is 19.3 Å². The Morgan fingerprint density at radius 1 is 0.966 bits per heavy atom. The van der Waals surface area contributed by atoms with Gasteiger partial charge in [-0.2, -0.15) is 0 Å². The van der Waals surface area contributed by atoms with Crippen molar-refractivity contribution < 1.29 is 14.4 Å². The first-order valence-corrected chi connectivity index (χ1v) is 10.6. The van der Waals surface area contributed by atoms with Crippen LogP contribution in [0.2, 0.25) is 0 Å². The van der Waals surface area contributed by atoms with Crippen LogP contribution in [0, 0.1) is 23.2 Å². The Morgan fingerprint density at radius 3 is 2.10 bits per heavy atom. The van der Waals surface area contributed by atoms with E-state index in [2.05, 4.69) is 16.2 Å². The molecule has 0 heterocycles. The zero-order chi connectivity index (χ0) is 20.4. The second-order valence-corrected chi connectivity index (χ2v) is 9.38. The van der Waals surface area contributed by atoms with Crippen LogP contribution in [0.5, 0.6) is 0 Å². The monoisotopic (exact) mass is 398 g/mol. The maximum absolute atomic E-state index is 12.6. The van der Waals surface area contributed by atoms with Gasteiger partial charge >= 0.3 is 6.03 Å². The highest BCUT2D eigenvalue weighted by Crippen LogP contribution is 2.61. The van der Waals surface area contributed by atoms with E-state index < -0.39 is 18.0 Å². The number of primary amides is 1. The molecule has 4 saturated carbocycles. The van der Waals surface area contributed by atoms with Crippen molar-refractivity contribution in [2.45, 2.75) is 57.4 Å². The molecule has 4 bridgehead atoms. The Hall–Kier alpha value is -2.57. The first-order chi connectivity index (χ1) is 13.9. The molecule has 5 N–H and O–H groups in total. The predicted octanol–water partition coefficient (Wildman–Crippen LogP) is 2.02. The molecule has 1 aromatic carbocycles. The van der Waals surface area contributed by atoms with Gasteiger partial charge < -0.3 is 11.1 Å². The lowest BCUT2D eigenvalue weighted by atomic mass is 9.49. The maximum atomic E-state index is 12.6. The molecule has 0 saturated heterocycles. The molecule has 7 nitrogen and oxygen atoms in total. The first-order valence-electron chi connectivity index (χ1n) is 10.6. The van der Waals surface area contributed by atoms with Crippen LogP contribution in [0.3, 0.4) is 0 Å². The highest BCUT2D eigenvalue weighted by molar-refractivity contribution is 5.88. The molecule has 0 aliphatic heterocycles. The van der Waals surface area contributed by atoms with Crippen molar-refractivity contribution in [2.24, 2.45) is 28.9 Å². The number of rotatable bonds is 6. The molecule has 5 rings (SSSR count). The fraction of sp³-hybridized carbons (Fsp3) is 0.591. The highest BCUT2D eigenvalue weighted by atomic mass is 16.2. The van der Waals surface area contributed by atoms with Gasteiger partial charge in [0.05, 0.1) is 0 Å². The molecule has 0 radical (unpaired) electrons. The largest absolute Gasteiger partial charge is 0.352 e. The maximum Gasteiger partial charge on any atom is 0.312 e. The quantitative estimate of drug-likeness (QED) is 0.550. The van der Waals surface area contributed by atoms with Crippen LogP contribution in [-0.2, 0) is 16.0 Å². The number of hydrogen-bond acceptors (Lipinski definition) is 3. The van der Waals surface area contributed by atoms with Crippen molar-refractivity contribution in [1.29, 1.82) is 0 Å². The lowest BCUT2D eigenvalue weighted by Crippen LogP contribution is -2.55. The van der Waals surface area contributed by atoms with Crippen molar-refractivity contribution in [3.63, 3.8) is 0 Å². The standard InChI is InChI=1S/C22H30N4O3/c23-21(29)24-18(9-14-4-2-1-3-5-14)20(28)26-25-19(27)13-22-10-15-6-16(11-22)8-17(7-15)12-22/h1-5,15-18H,6-13H2,(H,25,27)(H,26,28)(H3,23,24,29). The van der Waals surface area contributed by atoms with Gasteiger partial charge in [0.2, 0.25) is 5.91 Å². The zero-order valence-corrected chi connectivity index (χ0v) is 16.7. The normalized spacial score (nSPS) is 30.4. The topological polar surface area (TPSA) is 113 Å². The number of carbonyl (C=O) groups excluding carboxylic acids is 3. The molecular formula is C22H30N4O3. The van der Waals surface area contributed by atoms with E-state index in [4.69, 9.17) is 5.73 Å². The third-order valence-electron chi connectivity index (χ3n) is 6.94. The van der Waals surface area contributed by atoms with Gasteiger partial charge in [0.1, 0.15) is 6.04 Å². The van der Waals surface area contributed by atoms with Gasteiger partial charge in [0.15, 0.2) is 0 Å². The molecule has 1 aromatic rings. The molecule has 4 aliphatic carbocycles. The number of amides is 4. The minimum atomic E-state index is -0.852. The average Bonchev–Trinajstić information content (AvgIpc) is 2.64. The summed E-state index contributed by atoms with van der Waals surface area (Å²) in [5, 5.41) is 2.45. The Bertz CT molecular complexity index is 744. The number of benzene rings is 1. The van der Waals surface area contributed by atoms with Gasteiger partial charge in [-0.1, -0.05) is 30.3 Å². The van der Waals surface area contributed by atoms with E-state index in [9.17, 15) is 14.4 Å². The van der Waals surface area contributed by atoms with Gasteiger partial charge in [0, 0.05) is 12.8 Å². The Morgan fingerprint density at radius 2 is 1.55 bits per heavy atom. The lowest BCUT2D eigenvalue weighted by molar-refractivity contribution is -0.134. The SMILES string of the molecule is NC(=O)NC(Cc1ccccc1)C(=O)NNC(=O)CC12CC3CC(CC(C3)C1)C2. The molecule has 4 aliphatic rings. The third kappa shape index (κ3) is 4.71. The summed E-state index contributed by atoms with van der Waals surface area (Å²) in [5.74, 6) is 1.69. The van der Waals surface area contributed by atoms with Crippen molar-refractivity contribution >= 4 is 17.8 Å². The molecule has 7 heteroatoms. The van der Waals surface area contributed by atoms with Crippen molar-refractivity contribution in [1.82, 2.24) is 16.2 Å². The molecule has 1 unspecified atom stereocenters. The molecule has 0 spiro atoms. The van der Waals surface area contributed by atoms with Crippen LogP contribution in [0.25, 0.3) is 0 Å². The number of nitrogens with one attached hydrogen (secondary N) is 3. The van der Waals surface area contributed by atoms with Gasteiger partial charge in [0.25, 0.3) is 5.91 Å². The smallest absolute Gasteiger partial charge is 0.312 e. The minimum absolute atomic E-state index is 0.110. The molecule has 4 amide bonds. The van der Waals surface area contributed by atoms with Crippen LogP contribution in [0.1, 0.15) is 50.5 Å². The van der Waals surface area contributed by atoms with Crippen LogP contribution in [0.4, 0.5) is 4.79 Å². The molecule has 4 fully saturated rings. The van der Waals surface area contributed by atoms with E-state index in [1.807, 2.05) is 30.3 Å². The van der Waals surface area contributed by atoms with Gasteiger partial charge in [-0.05, 0) is 67.3 Å². The van der Waals surface area contributed by atoms with E-state index in [-0.39, 0.29) is 11.3 Å². The first kappa shape index (κ1) is 19.7. The number of nitrogens with two attached hydrogens (primary N) is 1. The van der Waals surface area contributed by atoms with E-state index in [0.29, 0.717) is 12.8 Å². The van der Waals surface area contributed by atoms with Crippen LogP contribution >= 0.6 is 0 Å². The van der Waals surface area contributed by atoms with Gasteiger partial charge in [-0.3, -0.25) is 20.4 Å². The van der Waals surface area contributed by atoms with Gasteiger partial charge in [-0.15, -0.1) is 0 Å². The number of hydrogen-bond donors (Lipinski definition) is 4. The number of carbonyl (C=O) groups is 3. The van der Waals surface area contributed by atoms with Crippen molar-refractivity contribution in [3.8, 4) is 0 Å². The summed E-state index contributed by atoms with van der Waals surface area (Å²) in [6.45, 7) is 0. The third-order valence-corrected chi connectivity index (χ3v) is 6.94. The molecule has 0 aromatic heterocycles. The van der Waals surface area contributed by atoms with E-state index in [0.717, 1.165) is 42.6 Å². The van der Waals surface area contributed by atoms with Gasteiger partial charge in [-0.25, -0.2) is 4.79 Å². The molecule has 156 valence electrons. The van der Waals surface area contributed by atoms with Crippen LogP contribution < -0.4 is 21.9 Å². The van der Waals surface area contributed by atoms with Crippen LogP contribution in [0.15, 0.2) is 30.3 Å². The fourth-order valence-corrected chi connectivity index (χ4v) is 6.34. The fourth-order valence-electron chi connectivity index (χ4n) is 6.34. The second-order valence-electron chi connectivity index (χ2n) is 9.38. The Labute approximate surface area is 171 Å². The Balaban J connectivity index is 1.31. The van der Waals surface area contributed by atoms with E-state index >= 15 is 0 Å². The summed E-state index contributed by atoms with van der Waals surface area (Å²) in [6.07, 6.45) is 8.16. The summed E-state index contributed by atoms with van der Waals surface area (Å²) in [5.41, 5.74) is 11.3. The average molecular weight is 399 g/mol. The predicted molar refractivity (Wildman–Crippen MR) is 108 cm³/mol. The summed E-state index contributed by atoms with van der Waals surface area (Å²) in [4.78, 5) is 36.5. The highest BCUT2D eigenvalue weighted by Gasteiger charge is 2.51. The van der Waals surface area contributed by atoms with Crippen LogP contribution in [-0.4, -0.2) is 23.9 Å². The number of hydrazine groups is 1. The zero-order valence-electron chi connectivity index (χ0n) is 16.7. The van der Waals surface area contributed by atoms with E-state index in [1.54, 1.807) is 0 Å². The number of urea groups is 1. The van der Waals surface area contributed by atoms with Crippen molar-refractivity contribution in [2.75, 3.05) is 0 Å². The Kier molecular flexibility index (Phi) is 5.48. The summed E-state index contributed by atoms with van der Waals surface area (Å²) < 4.78 is 0. The molecular weight excluding hydrogens is 368 g/mol. The second kappa shape index (κ2) is 8.05. The lowest BCUT2D eigenvalue weighted by Gasteiger charge is -2.56.